The van der Waals surface area contributed by atoms with Crippen molar-refractivity contribution in [2.24, 2.45) is 10.9 Å². The molecule has 4 N–H and O–H groups in total. The zero-order valence-electron chi connectivity index (χ0n) is 13.0. The first-order chi connectivity index (χ1) is 10.1. The summed E-state index contributed by atoms with van der Waals surface area (Å²) in [6.07, 6.45) is 0.0500. The Balaban J connectivity index is 3.20. The van der Waals surface area contributed by atoms with Gasteiger partial charge in [0.05, 0.1) is 1.37 Å². The maximum atomic E-state index is 11.4. The normalized spacial score (nSPS) is 14.0. The lowest BCUT2D eigenvalue weighted by Gasteiger charge is -2.17. The monoisotopic (exact) mass is 287 g/mol. The number of Topliss-reactive ketones (excluding diaryl/α,β-unsaturated/α-hetero) is 1. The van der Waals surface area contributed by atoms with E-state index in [1.54, 1.807) is 0 Å². The third kappa shape index (κ3) is 3.58. The summed E-state index contributed by atoms with van der Waals surface area (Å²) >= 11 is 0.652. The van der Waals surface area contributed by atoms with Crippen molar-refractivity contribution in [3.63, 3.8) is 0 Å². The van der Waals surface area contributed by atoms with Crippen LogP contribution in [0.3, 0.4) is 0 Å². The number of aldehydes is 1. The topological polar surface area (TPSA) is 138 Å². The lowest BCUT2D eigenvalue weighted by Crippen LogP contribution is -2.35. The van der Waals surface area contributed by atoms with Gasteiger partial charge in [-0.05, 0) is 13.8 Å². The Morgan fingerprint density at radius 3 is 2.84 bits per heavy atom. The van der Waals surface area contributed by atoms with Gasteiger partial charge in [0.15, 0.2) is 25.6 Å². The van der Waals surface area contributed by atoms with E-state index in [-0.39, 0.29) is 28.2 Å². The Bertz CT molecular complexity index is 644. The Kier molecular flexibility index (Phi) is 3.11. The van der Waals surface area contributed by atoms with Crippen molar-refractivity contribution in [3.8, 4) is 0 Å². The maximum absolute atomic E-state index is 11.4. The molecule has 0 aliphatic heterocycles. The smallest absolute Gasteiger partial charge is 0.273 e. The van der Waals surface area contributed by atoms with Gasteiger partial charge in [0, 0.05) is 5.36 Å². The highest BCUT2D eigenvalue weighted by Gasteiger charge is 2.30. The number of ketones is 1. The van der Waals surface area contributed by atoms with Gasteiger partial charge in [0.25, 0.3) is 5.91 Å². The number of nitrogens with zero attached hydrogens (tertiary/aromatic N) is 2. The minimum Gasteiger partial charge on any atom is -0.381 e. The van der Waals surface area contributed by atoms with Crippen LogP contribution in [0.15, 0.2) is 10.5 Å². The van der Waals surface area contributed by atoms with E-state index in [0.717, 1.165) is 0 Å². The predicted molar refractivity (Wildman–Crippen MR) is 68.5 cm³/mol. The van der Waals surface area contributed by atoms with E-state index in [1.807, 2.05) is 0 Å². The largest absolute Gasteiger partial charge is 0.381 e. The van der Waals surface area contributed by atoms with Crippen LogP contribution in [0.4, 0.5) is 5.13 Å². The van der Waals surface area contributed by atoms with Gasteiger partial charge in [-0.3, -0.25) is 14.4 Å². The van der Waals surface area contributed by atoms with Gasteiger partial charge >= 0.3 is 0 Å². The number of carbonyl (C=O) groups excluding carboxylic acids is 3. The summed E-state index contributed by atoms with van der Waals surface area (Å²) in [4.78, 5) is 41.8. The molecule has 0 aromatic carbocycles. The molecule has 0 aliphatic rings. The van der Waals surface area contributed by atoms with E-state index in [2.05, 4.69) is 10.1 Å². The molecule has 8 nitrogen and oxygen atoms in total. The van der Waals surface area contributed by atoms with Gasteiger partial charge in [0.1, 0.15) is 5.69 Å². The molecule has 1 amide bonds. The van der Waals surface area contributed by atoms with Crippen LogP contribution in [0.25, 0.3) is 0 Å². The number of nitrogen functional groups attached to an aromatic ring is 1. The molecule has 0 unspecified atom stereocenters. The number of hydrogen-bond donors (Lipinski definition) is 2. The molecule has 9 heteroatoms. The Labute approximate surface area is 116 Å². The molecule has 0 bridgehead atoms. The van der Waals surface area contributed by atoms with E-state index in [0.29, 0.717) is 11.3 Å². The fourth-order valence-corrected chi connectivity index (χ4v) is 1.36. The van der Waals surface area contributed by atoms with Crippen LogP contribution < -0.4 is 11.5 Å². The van der Waals surface area contributed by atoms with Crippen molar-refractivity contribution in [1.29, 1.82) is 0 Å². The van der Waals surface area contributed by atoms with Gasteiger partial charge in [0.2, 0.25) is 5.78 Å². The fourth-order valence-electron chi connectivity index (χ4n) is 0.888. The molecule has 0 saturated heterocycles. The quantitative estimate of drug-likeness (QED) is 0.299. The maximum Gasteiger partial charge on any atom is 0.273 e. The standard InChI is InChI=1S/C10H12N4O4S/c1-10(2,6(16)3-15)18-14-7(8(11)17)5-4-19-9(12)13-5/h3-4H,1-2H3,(H2,11,17)(H2,12,13)/i4D/hD2. The zero-order chi connectivity index (χ0) is 17.1. The third-order valence-electron chi connectivity index (χ3n) is 1.97. The van der Waals surface area contributed by atoms with Gasteiger partial charge in [-0.25, -0.2) is 4.98 Å². The van der Waals surface area contributed by atoms with Crippen molar-refractivity contribution in [1.82, 2.24) is 4.98 Å². The van der Waals surface area contributed by atoms with E-state index in [1.165, 1.54) is 13.8 Å². The molecule has 1 rings (SSSR count). The molecule has 0 atom stereocenters. The molecule has 19 heavy (non-hydrogen) atoms. The van der Waals surface area contributed by atoms with Crippen molar-refractivity contribution < 1.29 is 23.4 Å². The summed E-state index contributed by atoms with van der Waals surface area (Å²) in [5.74, 6) is -1.99. The number of hydrogen-bond acceptors (Lipinski definition) is 8. The van der Waals surface area contributed by atoms with E-state index in [4.69, 9.17) is 14.8 Å². The molecule has 0 spiro atoms. The second kappa shape index (κ2) is 5.57. The summed E-state index contributed by atoms with van der Waals surface area (Å²) in [7, 11) is 0. The highest BCUT2D eigenvalue weighted by atomic mass is 32.1. The Morgan fingerprint density at radius 2 is 2.37 bits per heavy atom. The number of anilines is 1. The molecular weight excluding hydrogens is 272 g/mol. The predicted octanol–water partition coefficient (Wildman–Crippen LogP) is -0.522. The third-order valence-corrected chi connectivity index (χ3v) is 2.54. The first kappa shape index (κ1) is 10.6. The summed E-state index contributed by atoms with van der Waals surface area (Å²) < 4.78 is 21.8. The summed E-state index contributed by atoms with van der Waals surface area (Å²) in [5, 5.41) is 2.97. The van der Waals surface area contributed by atoms with Gasteiger partial charge < -0.3 is 16.3 Å². The number of carbonyl (C=O) groups is 3. The van der Waals surface area contributed by atoms with Crippen LogP contribution in [0.2, 0.25) is 2.82 Å². The van der Waals surface area contributed by atoms with E-state index < -0.39 is 23.0 Å². The van der Waals surface area contributed by atoms with Crippen LogP contribution in [0.5, 0.6) is 0 Å². The Morgan fingerprint density at radius 1 is 1.68 bits per heavy atom. The molecule has 0 fully saturated rings. The van der Waals surface area contributed by atoms with Crippen LogP contribution in [0.1, 0.15) is 20.9 Å². The number of primary amides is 1. The number of oxime groups is 1. The molecule has 1 aromatic heterocycles. The average molecular weight is 287 g/mol. The molecular formula is C10H12N4O4S. The van der Waals surface area contributed by atoms with Crippen LogP contribution in [0, 0.1) is 0 Å². The summed E-state index contributed by atoms with van der Waals surface area (Å²) in [5.41, 5.74) is 2.82. The fraction of sp³-hybridized carbons (Fsp3) is 0.300. The number of aromatic nitrogens is 1. The van der Waals surface area contributed by atoms with E-state index in [9.17, 15) is 14.4 Å². The summed E-state index contributed by atoms with van der Waals surface area (Å²) in [6, 6.07) is 0. The molecule has 0 aliphatic carbocycles. The number of rotatable bonds is 7. The van der Waals surface area contributed by atoms with Crippen LogP contribution in [-0.2, 0) is 19.2 Å². The van der Waals surface area contributed by atoms with Gasteiger partial charge in [-0.2, -0.15) is 0 Å². The average Bonchev–Trinajstić information content (AvgIpc) is 2.80. The molecule has 1 aromatic rings. The lowest BCUT2D eigenvalue weighted by molar-refractivity contribution is -0.145. The molecule has 0 radical (unpaired) electrons. The Hall–Kier alpha value is -2.29. The number of amides is 1. The highest BCUT2D eigenvalue weighted by Crippen LogP contribution is 2.14. The minimum atomic E-state index is -1.62. The molecule has 102 valence electrons. The first-order valence-corrected chi connectivity index (χ1v) is 5.73. The second-order valence-corrected chi connectivity index (χ2v) is 4.61. The SMILES string of the molecule is [2H]c1sc(N([2H])[2H])nc1C(=NOC(C)(C)C(=O)C=O)C(N)=O. The number of nitrogens with two attached hydrogens (primary N) is 2. The highest BCUT2D eigenvalue weighted by molar-refractivity contribution is 7.13. The first-order valence-electron chi connectivity index (χ1n) is 6.31. The van der Waals surface area contributed by atoms with Crippen molar-refractivity contribution >= 4 is 40.2 Å². The molecule has 0 saturated carbocycles. The van der Waals surface area contributed by atoms with Crippen LogP contribution in [-0.4, -0.2) is 34.3 Å². The van der Waals surface area contributed by atoms with Crippen molar-refractivity contribution in [2.75, 3.05) is 5.72 Å². The van der Waals surface area contributed by atoms with Crippen molar-refractivity contribution in [3.05, 3.63) is 11.1 Å². The zero-order valence-corrected chi connectivity index (χ0v) is 10.9. The van der Waals surface area contributed by atoms with Crippen LogP contribution >= 0.6 is 11.3 Å². The second-order valence-electron chi connectivity index (χ2n) is 3.83. The van der Waals surface area contributed by atoms with Crippen molar-refractivity contribution in [2.45, 2.75) is 19.4 Å². The lowest BCUT2D eigenvalue weighted by atomic mass is 10.1. The van der Waals surface area contributed by atoms with E-state index >= 15 is 0 Å². The molecule has 1 heterocycles. The number of thiazole rings is 1. The van der Waals surface area contributed by atoms with Gasteiger partial charge in [-0.1, -0.05) is 5.16 Å². The summed E-state index contributed by atoms with van der Waals surface area (Å²) in [6.45, 7) is 2.52. The minimum absolute atomic E-state index is 0.0500. The van der Waals surface area contributed by atoms with Gasteiger partial charge in [-0.15, -0.1) is 11.3 Å².